The highest BCUT2D eigenvalue weighted by Crippen LogP contribution is 2.14. The number of aromatic nitrogens is 1. The molecule has 0 aliphatic rings. The quantitative estimate of drug-likeness (QED) is 0.543. The minimum Gasteiger partial charge on any atom is -0.357 e. The van der Waals surface area contributed by atoms with Crippen molar-refractivity contribution in [2.45, 2.75) is 13.8 Å². The van der Waals surface area contributed by atoms with Crippen LogP contribution in [0.1, 0.15) is 13.8 Å². The van der Waals surface area contributed by atoms with Gasteiger partial charge in [-0.2, -0.15) is 0 Å². The maximum absolute atomic E-state index is 10.4. The molecule has 5 nitrogen and oxygen atoms in total. The van der Waals surface area contributed by atoms with Crippen molar-refractivity contribution in [3.63, 3.8) is 0 Å². The lowest BCUT2D eigenvalue weighted by Crippen LogP contribution is -2.22. The van der Waals surface area contributed by atoms with Crippen LogP contribution >= 0.6 is 0 Å². The number of hydrogen-bond acceptors (Lipinski definition) is 4. The molecule has 0 aliphatic carbocycles. The van der Waals surface area contributed by atoms with Crippen LogP contribution in [0, 0.1) is 10.1 Å². The van der Waals surface area contributed by atoms with Crippen LogP contribution in [0.3, 0.4) is 0 Å². The van der Waals surface area contributed by atoms with Crippen molar-refractivity contribution in [1.29, 1.82) is 0 Å². The normalized spacial score (nSPS) is 9.86. The molecule has 1 aromatic heterocycles. The standard InChI is InChI=1S/C9H13N3O2/c1-3-11(4-2)9-6-5-8(7-10-9)12(13)14/h5-7H,3-4H2,1-2H3. The molecule has 5 heteroatoms. The van der Waals surface area contributed by atoms with Crippen LogP contribution in [-0.2, 0) is 0 Å². The van der Waals surface area contributed by atoms with Crippen LogP contribution in [0.25, 0.3) is 0 Å². The highest BCUT2D eigenvalue weighted by atomic mass is 16.6. The first kappa shape index (κ1) is 10.4. The van der Waals surface area contributed by atoms with E-state index in [0.29, 0.717) is 0 Å². The molecular formula is C9H13N3O2. The van der Waals surface area contributed by atoms with Gasteiger partial charge in [0.1, 0.15) is 12.0 Å². The molecule has 0 saturated heterocycles. The minimum atomic E-state index is -0.445. The maximum Gasteiger partial charge on any atom is 0.287 e. The molecule has 0 bridgehead atoms. The van der Waals surface area contributed by atoms with Crippen molar-refractivity contribution in [2.24, 2.45) is 0 Å². The van der Waals surface area contributed by atoms with E-state index in [1.807, 2.05) is 18.7 Å². The van der Waals surface area contributed by atoms with Gasteiger partial charge in [0.25, 0.3) is 5.69 Å². The predicted octanol–water partition coefficient (Wildman–Crippen LogP) is 1.84. The Bertz CT molecular complexity index is 306. The topological polar surface area (TPSA) is 59.3 Å². The van der Waals surface area contributed by atoms with Gasteiger partial charge in [-0.15, -0.1) is 0 Å². The smallest absolute Gasteiger partial charge is 0.287 e. The average Bonchev–Trinajstić information content (AvgIpc) is 2.20. The van der Waals surface area contributed by atoms with Crippen molar-refractivity contribution in [1.82, 2.24) is 4.98 Å². The molecule has 0 aliphatic heterocycles. The molecule has 0 saturated carbocycles. The van der Waals surface area contributed by atoms with Crippen molar-refractivity contribution in [3.05, 3.63) is 28.4 Å². The van der Waals surface area contributed by atoms with Crippen molar-refractivity contribution >= 4 is 11.5 Å². The summed E-state index contributed by atoms with van der Waals surface area (Å²) in [6.45, 7) is 5.74. The van der Waals surface area contributed by atoms with Gasteiger partial charge >= 0.3 is 0 Å². The van der Waals surface area contributed by atoms with E-state index in [-0.39, 0.29) is 5.69 Å². The molecule has 0 atom stereocenters. The monoisotopic (exact) mass is 195 g/mol. The zero-order chi connectivity index (χ0) is 10.6. The summed E-state index contributed by atoms with van der Waals surface area (Å²) in [5, 5.41) is 10.4. The van der Waals surface area contributed by atoms with Gasteiger partial charge in [-0.3, -0.25) is 10.1 Å². The molecule has 0 aromatic carbocycles. The highest BCUT2D eigenvalue weighted by Gasteiger charge is 2.07. The minimum absolute atomic E-state index is 0.0286. The first-order valence-electron chi connectivity index (χ1n) is 4.54. The fraction of sp³-hybridized carbons (Fsp3) is 0.444. The number of anilines is 1. The Labute approximate surface area is 82.5 Å². The third-order valence-corrected chi connectivity index (χ3v) is 2.03. The summed E-state index contributed by atoms with van der Waals surface area (Å²) in [6, 6.07) is 3.14. The molecule has 0 amide bonds. The summed E-state index contributed by atoms with van der Waals surface area (Å²) in [5.41, 5.74) is 0.0286. The zero-order valence-electron chi connectivity index (χ0n) is 8.30. The van der Waals surface area contributed by atoms with Gasteiger partial charge in [-0.05, 0) is 19.9 Å². The lowest BCUT2D eigenvalue weighted by Gasteiger charge is -2.18. The summed E-state index contributed by atoms with van der Waals surface area (Å²) >= 11 is 0. The van der Waals surface area contributed by atoms with Crippen LogP contribution in [0.4, 0.5) is 11.5 Å². The third kappa shape index (κ3) is 2.18. The fourth-order valence-electron chi connectivity index (χ4n) is 1.22. The van der Waals surface area contributed by atoms with E-state index >= 15 is 0 Å². The number of nitrogens with zero attached hydrogens (tertiary/aromatic N) is 3. The van der Waals surface area contributed by atoms with Crippen molar-refractivity contribution < 1.29 is 4.92 Å². The molecule has 0 N–H and O–H groups in total. The Morgan fingerprint density at radius 2 is 2.07 bits per heavy atom. The molecule has 0 radical (unpaired) electrons. The van der Waals surface area contributed by atoms with Crippen LogP contribution in [0.2, 0.25) is 0 Å². The Hall–Kier alpha value is -1.65. The molecule has 0 fully saturated rings. The van der Waals surface area contributed by atoms with Crippen LogP contribution in [0.5, 0.6) is 0 Å². The molecule has 1 aromatic rings. The van der Waals surface area contributed by atoms with Gasteiger partial charge in [0.05, 0.1) is 4.92 Å². The van der Waals surface area contributed by atoms with Gasteiger partial charge in [0.15, 0.2) is 0 Å². The summed E-state index contributed by atoms with van der Waals surface area (Å²) in [4.78, 5) is 16.0. The summed E-state index contributed by atoms with van der Waals surface area (Å²) in [7, 11) is 0. The van der Waals surface area contributed by atoms with Gasteiger partial charge in [0.2, 0.25) is 0 Å². The van der Waals surface area contributed by atoms with E-state index in [1.54, 1.807) is 6.07 Å². The van der Waals surface area contributed by atoms with Crippen LogP contribution < -0.4 is 4.90 Å². The molecule has 1 rings (SSSR count). The molecule has 0 unspecified atom stereocenters. The van der Waals surface area contributed by atoms with Crippen LogP contribution in [-0.4, -0.2) is 23.0 Å². The summed E-state index contributed by atoms with van der Waals surface area (Å²) < 4.78 is 0. The molecule has 0 spiro atoms. The number of pyridine rings is 1. The Balaban J connectivity index is 2.87. The molecular weight excluding hydrogens is 182 g/mol. The predicted molar refractivity (Wildman–Crippen MR) is 54.5 cm³/mol. The Morgan fingerprint density at radius 3 is 2.43 bits per heavy atom. The largest absolute Gasteiger partial charge is 0.357 e. The van der Waals surface area contributed by atoms with E-state index in [0.717, 1.165) is 18.9 Å². The van der Waals surface area contributed by atoms with Crippen LogP contribution in [0.15, 0.2) is 18.3 Å². The van der Waals surface area contributed by atoms with E-state index < -0.39 is 4.92 Å². The van der Waals surface area contributed by atoms with E-state index in [9.17, 15) is 10.1 Å². The number of nitro groups is 1. The first-order chi connectivity index (χ1) is 6.69. The lowest BCUT2D eigenvalue weighted by atomic mass is 10.4. The zero-order valence-corrected chi connectivity index (χ0v) is 8.30. The van der Waals surface area contributed by atoms with Crippen molar-refractivity contribution in [2.75, 3.05) is 18.0 Å². The van der Waals surface area contributed by atoms with Gasteiger partial charge in [-0.25, -0.2) is 4.98 Å². The van der Waals surface area contributed by atoms with E-state index in [4.69, 9.17) is 0 Å². The highest BCUT2D eigenvalue weighted by molar-refractivity contribution is 5.42. The van der Waals surface area contributed by atoms with E-state index in [2.05, 4.69) is 4.98 Å². The lowest BCUT2D eigenvalue weighted by molar-refractivity contribution is -0.385. The number of hydrogen-bond donors (Lipinski definition) is 0. The Kier molecular flexibility index (Phi) is 3.39. The maximum atomic E-state index is 10.4. The summed E-state index contributed by atoms with van der Waals surface area (Å²) in [5.74, 6) is 0.778. The second-order valence-electron chi connectivity index (χ2n) is 2.80. The fourth-order valence-corrected chi connectivity index (χ4v) is 1.22. The molecule has 1 heterocycles. The van der Waals surface area contributed by atoms with Gasteiger partial charge < -0.3 is 4.90 Å². The van der Waals surface area contributed by atoms with Crippen molar-refractivity contribution in [3.8, 4) is 0 Å². The van der Waals surface area contributed by atoms with E-state index in [1.165, 1.54) is 12.3 Å². The third-order valence-electron chi connectivity index (χ3n) is 2.03. The average molecular weight is 195 g/mol. The van der Waals surface area contributed by atoms with Gasteiger partial charge in [-0.1, -0.05) is 0 Å². The summed E-state index contributed by atoms with van der Waals surface area (Å²) in [6.07, 6.45) is 1.29. The second kappa shape index (κ2) is 4.55. The van der Waals surface area contributed by atoms with Gasteiger partial charge in [0, 0.05) is 19.2 Å². The SMILES string of the molecule is CCN(CC)c1ccc([N+](=O)[O-])cn1. The first-order valence-corrected chi connectivity index (χ1v) is 4.54. The Morgan fingerprint density at radius 1 is 1.43 bits per heavy atom. The number of rotatable bonds is 4. The molecule has 76 valence electrons. The second-order valence-corrected chi connectivity index (χ2v) is 2.80. The molecule has 14 heavy (non-hydrogen) atoms.